The third kappa shape index (κ3) is 5.42. The predicted octanol–water partition coefficient (Wildman–Crippen LogP) is 5.19. The summed E-state index contributed by atoms with van der Waals surface area (Å²) in [5.74, 6) is -0.246. The molecule has 0 atom stereocenters. The molecule has 0 aliphatic carbocycles. The molecule has 1 aliphatic rings. The van der Waals surface area contributed by atoms with Gasteiger partial charge in [-0.1, -0.05) is 42.5 Å². The molecule has 3 aromatic rings. The molecule has 1 aliphatic heterocycles. The molecule has 0 saturated carbocycles. The summed E-state index contributed by atoms with van der Waals surface area (Å²) in [7, 11) is 0. The number of carboxylic acid groups (broad SMARTS) is 1. The van der Waals surface area contributed by atoms with Crippen molar-refractivity contribution in [3.63, 3.8) is 0 Å². The van der Waals surface area contributed by atoms with Crippen LogP contribution in [0.2, 0.25) is 0 Å². The van der Waals surface area contributed by atoms with Gasteiger partial charge in [-0.05, 0) is 42.0 Å². The molecule has 4 rings (SSSR count). The number of anilines is 2. The first-order valence-corrected chi connectivity index (χ1v) is 10.6. The molecule has 2 heterocycles. The Bertz CT molecular complexity index is 1110. The van der Waals surface area contributed by atoms with Crippen LogP contribution in [0.15, 0.2) is 60.8 Å². The lowest BCUT2D eigenvalue weighted by Gasteiger charge is -2.33. The standard InChI is InChI=1S/C24H23F3N4O2/c25-24(26,27)19-8-4-5-16(13-19)14-28-23-29-15-20(22(32)33)21(30-23)31-11-9-18(10-12-31)17-6-2-1-3-7-17/h1-8,13,15,18H,9-12,14H2,(H,32,33)(H,28,29,30). The van der Waals surface area contributed by atoms with Gasteiger partial charge in [0.15, 0.2) is 0 Å². The van der Waals surface area contributed by atoms with Crippen molar-refractivity contribution in [1.82, 2.24) is 9.97 Å². The van der Waals surface area contributed by atoms with Gasteiger partial charge in [0.25, 0.3) is 0 Å². The summed E-state index contributed by atoms with van der Waals surface area (Å²) in [5, 5.41) is 12.5. The van der Waals surface area contributed by atoms with Crippen LogP contribution in [0.4, 0.5) is 24.9 Å². The van der Waals surface area contributed by atoms with Crippen LogP contribution in [0.25, 0.3) is 0 Å². The third-order valence-electron chi connectivity index (χ3n) is 5.77. The van der Waals surface area contributed by atoms with E-state index in [1.165, 1.54) is 17.8 Å². The minimum Gasteiger partial charge on any atom is -0.477 e. The van der Waals surface area contributed by atoms with E-state index in [4.69, 9.17) is 0 Å². The molecule has 0 amide bonds. The fourth-order valence-electron chi connectivity index (χ4n) is 4.04. The van der Waals surface area contributed by atoms with E-state index in [0.717, 1.165) is 25.0 Å². The van der Waals surface area contributed by atoms with Crippen LogP contribution in [0.5, 0.6) is 0 Å². The van der Waals surface area contributed by atoms with Crippen molar-refractivity contribution in [2.45, 2.75) is 31.5 Å². The summed E-state index contributed by atoms with van der Waals surface area (Å²) < 4.78 is 38.8. The van der Waals surface area contributed by atoms with E-state index >= 15 is 0 Å². The smallest absolute Gasteiger partial charge is 0.416 e. The molecule has 0 radical (unpaired) electrons. The number of aromatic carboxylic acids is 1. The van der Waals surface area contributed by atoms with Crippen LogP contribution in [0, 0.1) is 0 Å². The van der Waals surface area contributed by atoms with Crippen LogP contribution in [0.1, 0.15) is 45.8 Å². The number of alkyl halides is 3. The van der Waals surface area contributed by atoms with Crippen LogP contribution in [-0.2, 0) is 12.7 Å². The number of hydrogen-bond donors (Lipinski definition) is 2. The number of benzene rings is 2. The molecule has 0 spiro atoms. The minimum atomic E-state index is -4.42. The first-order chi connectivity index (χ1) is 15.8. The summed E-state index contributed by atoms with van der Waals surface area (Å²) in [6.07, 6.45) is -1.46. The van der Waals surface area contributed by atoms with Crippen molar-refractivity contribution < 1.29 is 23.1 Å². The third-order valence-corrected chi connectivity index (χ3v) is 5.77. The Morgan fingerprint density at radius 3 is 2.48 bits per heavy atom. The lowest BCUT2D eigenvalue weighted by Crippen LogP contribution is -2.35. The van der Waals surface area contributed by atoms with E-state index in [2.05, 4.69) is 27.4 Å². The Morgan fingerprint density at radius 1 is 1.09 bits per heavy atom. The lowest BCUT2D eigenvalue weighted by molar-refractivity contribution is -0.137. The molecule has 6 nitrogen and oxygen atoms in total. The van der Waals surface area contributed by atoms with E-state index < -0.39 is 17.7 Å². The summed E-state index contributed by atoms with van der Waals surface area (Å²) in [6.45, 7) is 1.36. The van der Waals surface area contributed by atoms with Gasteiger partial charge in [0.1, 0.15) is 11.4 Å². The van der Waals surface area contributed by atoms with Gasteiger partial charge in [-0.15, -0.1) is 0 Å². The number of aromatic nitrogens is 2. The Morgan fingerprint density at radius 2 is 1.82 bits per heavy atom. The summed E-state index contributed by atoms with van der Waals surface area (Å²) in [5.41, 5.74) is 0.950. The number of carboxylic acids is 1. The molecular weight excluding hydrogens is 433 g/mol. The van der Waals surface area contributed by atoms with Gasteiger partial charge >= 0.3 is 12.1 Å². The van der Waals surface area contributed by atoms with Crippen molar-refractivity contribution in [3.8, 4) is 0 Å². The highest BCUT2D eigenvalue weighted by molar-refractivity contribution is 5.93. The van der Waals surface area contributed by atoms with Crippen LogP contribution in [0.3, 0.4) is 0 Å². The van der Waals surface area contributed by atoms with Crippen molar-refractivity contribution in [2.75, 3.05) is 23.3 Å². The van der Waals surface area contributed by atoms with Gasteiger partial charge in [0.2, 0.25) is 5.95 Å². The molecule has 1 aromatic heterocycles. The fraction of sp³-hybridized carbons (Fsp3) is 0.292. The van der Waals surface area contributed by atoms with E-state index in [0.29, 0.717) is 30.4 Å². The van der Waals surface area contributed by atoms with Crippen LogP contribution in [-0.4, -0.2) is 34.1 Å². The Labute approximate surface area is 189 Å². The second-order valence-corrected chi connectivity index (χ2v) is 7.96. The maximum atomic E-state index is 12.9. The number of rotatable bonds is 6. The quantitative estimate of drug-likeness (QED) is 0.532. The topological polar surface area (TPSA) is 78.3 Å². The molecule has 0 unspecified atom stereocenters. The molecule has 9 heteroatoms. The van der Waals surface area contributed by atoms with Gasteiger partial charge in [0, 0.05) is 25.8 Å². The first kappa shape index (κ1) is 22.6. The zero-order chi connectivity index (χ0) is 23.4. The van der Waals surface area contributed by atoms with Crippen molar-refractivity contribution in [2.24, 2.45) is 0 Å². The van der Waals surface area contributed by atoms with Gasteiger partial charge in [-0.2, -0.15) is 18.2 Å². The average molecular weight is 456 g/mol. The number of piperidine rings is 1. The molecule has 33 heavy (non-hydrogen) atoms. The largest absolute Gasteiger partial charge is 0.477 e. The molecule has 1 saturated heterocycles. The summed E-state index contributed by atoms with van der Waals surface area (Å²) in [4.78, 5) is 22.1. The molecule has 1 fully saturated rings. The van der Waals surface area contributed by atoms with Crippen molar-refractivity contribution in [1.29, 1.82) is 0 Å². The average Bonchev–Trinajstić information content (AvgIpc) is 2.83. The number of nitrogens with one attached hydrogen (secondary N) is 1. The molecule has 2 aromatic carbocycles. The second kappa shape index (κ2) is 9.48. The van der Waals surface area contributed by atoms with Gasteiger partial charge in [-0.25, -0.2) is 9.78 Å². The highest BCUT2D eigenvalue weighted by atomic mass is 19.4. The van der Waals surface area contributed by atoms with Crippen molar-refractivity contribution >= 4 is 17.7 Å². The molecule has 0 bridgehead atoms. The van der Waals surface area contributed by atoms with E-state index in [1.54, 1.807) is 6.07 Å². The van der Waals surface area contributed by atoms with E-state index in [1.807, 2.05) is 23.1 Å². The first-order valence-electron chi connectivity index (χ1n) is 10.6. The van der Waals surface area contributed by atoms with Crippen molar-refractivity contribution in [3.05, 3.63) is 83.0 Å². The monoisotopic (exact) mass is 456 g/mol. The number of carbonyl (C=O) groups is 1. The molecule has 172 valence electrons. The maximum Gasteiger partial charge on any atom is 0.416 e. The molecular formula is C24H23F3N4O2. The molecule has 2 N–H and O–H groups in total. The van der Waals surface area contributed by atoms with Gasteiger partial charge in [0.05, 0.1) is 5.56 Å². The number of halogens is 3. The second-order valence-electron chi connectivity index (χ2n) is 7.96. The Kier molecular flexibility index (Phi) is 6.48. The van der Waals surface area contributed by atoms with E-state index in [9.17, 15) is 23.1 Å². The maximum absolute atomic E-state index is 12.9. The zero-order valence-electron chi connectivity index (χ0n) is 17.7. The van der Waals surface area contributed by atoms with E-state index in [-0.39, 0.29) is 18.1 Å². The van der Waals surface area contributed by atoms with Crippen LogP contribution < -0.4 is 10.2 Å². The SMILES string of the molecule is O=C(O)c1cnc(NCc2cccc(C(F)(F)F)c2)nc1N1CCC(c2ccccc2)CC1. The van der Waals surface area contributed by atoms with Gasteiger partial charge < -0.3 is 15.3 Å². The normalized spacial score (nSPS) is 14.8. The fourth-order valence-corrected chi connectivity index (χ4v) is 4.04. The Hall–Kier alpha value is -3.62. The van der Waals surface area contributed by atoms with Crippen LogP contribution >= 0.6 is 0 Å². The van der Waals surface area contributed by atoms with Gasteiger partial charge in [-0.3, -0.25) is 0 Å². The lowest BCUT2D eigenvalue weighted by atomic mass is 9.89. The number of hydrogen-bond acceptors (Lipinski definition) is 5. The minimum absolute atomic E-state index is 0.00206. The predicted molar refractivity (Wildman–Crippen MR) is 118 cm³/mol. The summed E-state index contributed by atoms with van der Waals surface area (Å²) in [6, 6.07) is 15.2. The highest BCUT2D eigenvalue weighted by Gasteiger charge is 2.30. The summed E-state index contributed by atoms with van der Waals surface area (Å²) >= 11 is 0. The Balaban J connectivity index is 1.48. The number of nitrogens with zero attached hydrogens (tertiary/aromatic N) is 3. The zero-order valence-corrected chi connectivity index (χ0v) is 17.7. The highest BCUT2D eigenvalue weighted by Crippen LogP contribution is 2.32.